The lowest BCUT2D eigenvalue weighted by Crippen LogP contribution is -2.13. The summed E-state index contributed by atoms with van der Waals surface area (Å²) in [7, 11) is 0. The van der Waals surface area contributed by atoms with Crippen LogP contribution in [-0.4, -0.2) is 4.98 Å². The van der Waals surface area contributed by atoms with Gasteiger partial charge in [-0.1, -0.05) is 27.7 Å². The summed E-state index contributed by atoms with van der Waals surface area (Å²) in [6.45, 7) is 8.95. The van der Waals surface area contributed by atoms with Gasteiger partial charge < -0.3 is 5.73 Å². The van der Waals surface area contributed by atoms with Crippen molar-refractivity contribution >= 4 is 16.5 Å². The fraction of sp³-hybridized carbons (Fsp3) is 0.700. The Morgan fingerprint density at radius 1 is 1.23 bits per heavy atom. The fourth-order valence-electron chi connectivity index (χ4n) is 1.91. The number of anilines is 1. The van der Waals surface area contributed by atoms with E-state index in [-0.39, 0.29) is 0 Å². The lowest BCUT2D eigenvalue weighted by atomic mass is 9.83. The SMILES string of the molecule is CC(C)C(c1csc(N)n1)C(C)C. The minimum atomic E-state index is 0.536. The van der Waals surface area contributed by atoms with E-state index >= 15 is 0 Å². The van der Waals surface area contributed by atoms with Gasteiger partial charge in [-0.2, -0.15) is 0 Å². The molecule has 0 saturated carbocycles. The first kappa shape index (κ1) is 10.5. The maximum Gasteiger partial charge on any atom is 0.180 e. The first-order chi connectivity index (χ1) is 6.02. The van der Waals surface area contributed by atoms with Crippen LogP contribution in [0.5, 0.6) is 0 Å². The van der Waals surface area contributed by atoms with Crippen LogP contribution in [-0.2, 0) is 0 Å². The van der Waals surface area contributed by atoms with E-state index in [9.17, 15) is 0 Å². The molecule has 0 radical (unpaired) electrons. The highest BCUT2D eigenvalue weighted by Crippen LogP contribution is 2.32. The van der Waals surface area contributed by atoms with Crippen LogP contribution in [0, 0.1) is 11.8 Å². The lowest BCUT2D eigenvalue weighted by molar-refractivity contribution is 0.381. The summed E-state index contributed by atoms with van der Waals surface area (Å²) in [6, 6.07) is 0. The number of thiazole rings is 1. The molecule has 3 heteroatoms. The van der Waals surface area contributed by atoms with E-state index in [4.69, 9.17) is 5.73 Å². The van der Waals surface area contributed by atoms with E-state index in [1.165, 1.54) is 11.3 Å². The molecule has 0 fully saturated rings. The molecule has 0 aromatic carbocycles. The van der Waals surface area contributed by atoms with Gasteiger partial charge in [0.1, 0.15) is 0 Å². The minimum Gasteiger partial charge on any atom is -0.375 e. The summed E-state index contributed by atoms with van der Waals surface area (Å²) in [4.78, 5) is 4.35. The number of nitrogens with zero attached hydrogens (tertiary/aromatic N) is 1. The number of nitrogens with two attached hydrogens (primary N) is 1. The monoisotopic (exact) mass is 198 g/mol. The Morgan fingerprint density at radius 2 is 1.77 bits per heavy atom. The second-order valence-corrected chi connectivity index (χ2v) is 5.01. The van der Waals surface area contributed by atoms with Crippen LogP contribution in [0.1, 0.15) is 39.3 Å². The Labute approximate surface area is 84.2 Å². The molecule has 0 unspecified atom stereocenters. The molecule has 1 rings (SSSR count). The average molecular weight is 198 g/mol. The van der Waals surface area contributed by atoms with Crippen molar-refractivity contribution < 1.29 is 0 Å². The molecule has 13 heavy (non-hydrogen) atoms. The van der Waals surface area contributed by atoms with Gasteiger partial charge in [0.25, 0.3) is 0 Å². The molecule has 1 aromatic rings. The van der Waals surface area contributed by atoms with E-state index in [1.807, 2.05) is 0 Å². The number of hydrogen-bond donors (Lipinski definition) is 1. The zero-order valence-corrected chi connectivity index (χ0v) is 9.56. The van der Waals surface area contributed by atoms with Gasteiger partial charge in [0.05, 0.1) is 5.69 Å². The zero-order valence-electron chi connectivity index (χ0n) is 8.74. The second-order valence-electron chi connectivity index (χ2n) is 4.12. The quantitative estimate of drug-likeness (QED) is 0.810. The van der Waals surface area contributed by atoms with Crippen molar-refractivity contribution in [3.63, 3.8) is 0 Å². The van der Waals surface area contributed by atoms with Crippen molar-refractivity contribution in [2.75, 3.05) is 5.73 Å². The highest BCUT2D eigenvalue weighted by molar-refractivity contribution is 7.13. The van der Waals surface area contributed by atoms with Crippen molar-refractivity contribution in [3.05, 3.63) is 11.1 Å². The van der Waals surface area contributed by atoms with Gasteiger partial charge in [-0.25, -0.2) is 4.98 Å². The van der Waals surface area contributed by atoms with Gasteiger partial charge in [-0.15, -0.1) is 11.3 Å². The van der Waals surface area contributed by atoms with Crippen molar-refractivity contribution in [1.29, 1.82) is 0 Å². The van der Waals surface area contributed by atoms with E-state index < -0.39 is 0 Å². The van der Waals surface area contributed by atoms with Crippen LogP contribution in [0.3, 0.4) is 0 Å². The summed E-state index contributed by atoms with van der Waals surface area (Å²) in [5, 5.41) is 2.77. The molecular weight excluding hydrogens is 180 g/mol. The van der Waals surface area contributed by atoms with Crippen LogP contribution in [0.25, 0.3) is 0 Å². The Bertz CT molecular complexity index is 258. The predicted molar refractivity (Wildman–Crippen MR) is 58.9 cm³/mol. The van der Waals surface area contributed by atoms with E-state index in [1.54, 1.807) is 0 Å². The largest absolute Gasteiger partial charge is 0.375 e. The molecule has 2 N–H and O–H groups in total. The average Bonchev–Trinajstić information content (AvgIpc) is 2.34. The number of nitrogen functional groups attached to an aromatic ring is 1. The minimum absolute atomic E-state index is 0.536. The Balaban J connectivity index is 2.88. The molecule has 0 aliphatic rings. The number of aromatic nitrogens is 1. The third kappa shape index (κ3) is 2.44. The van der Waals surface area contributed by atoms with Gasteiger partial charge in [0, 0.05) is 11.3 Å². The first-order valence-corrected chi connectivity index (χ1v) is 5.61. The maximum atomic E-state index is 5.62. The molecule has 0 spiro atoms. The van der Waals surface area contributed by atoms with E-state index in [0.717, 1.165) is 5.69 Å². The van der Waals surface area contributed by atoms with Crippen LogP contribution in [0.2, 0.25) is 0 Å². The first-order valence-electron chi connectivity index (χ1n) is 4.73. The van der Waals surface area contributed by atoms with Crippen molar-refractivity contribution in [2.45, 2.75) is 33.6 Å². The van der Waals surface area contributed by atoms with E-state index in [2.05, 4.69) is 38.1 Å². The van der Waals surface area contributed by atoms with Crippen LogP contribution < -0.4 is 5.73 Å². The zero-order chi connectivity index (χ0) is 10.0. The lowest BCUT2D eigenvalue weighted by Gasteiger charge is -2.22. The summed E-state index contributed by atoms with van der Waals surface area (Å²) < 4.78 is 0. The van der Waals surface area contributed by atoms with E-state index in [0.29, 0.717) is 22.9 Å². The number of hydrogen-bond acceptors (Lipinski definition) is 3. The van der Waals surface area contributed by atoms with Gasteiger partial charge in [-0.05, 0) is 11.8 Å². The topological polar surface area (TPSA) is 38.9 Å². The van der Waals surface area contributed by atoms with Gasteiger partial charge >= 0.3 is 0 Å². The molecule has 0 saturated heterocycles. The molecule has 2 nitrogen and oxygen atoms in total. The van der Waals surface area contributed by atoms with Crippen LogP contribution >= 0.6 is 11.3 Å². The highest BCUT2D eigenvalue weighted by atomic mass is 32.1. The molecule has 1 aromatic heterocycles. The highest BCUT2D eigenvalue weighted by Gasteiger charge is 2.21. The summed E-state index contributed by atoms with van der Waals surface area (Å²) in [6.07, 6.45) is 0. The molecule has 74 valence electrons. The summed E-state index contributed by atoms with van der Waals surface area (Å²) in [5.41, 5.74) is 6.78. The second kappa shape index (κ2) is 4.09. The van der Waals surface area contributed by atoms with Gasteiger partial charge in [0.15, 0.2) is 5.13 Å². The molecule has 1 heterocycles. The number of rotatable bonds is 3. The molecular formula is C10H18N2S. The van der Waals surface area contributed by atoms with Crippen LogP contribution in [0.4, 0.5) is 5.13 Å². The Morgan fingerprint density at radius 3 is 2.08 bits per heavy atom. The maximum absolute atomic E-state index is 5.62. The smallest absolute Gasteiger partial charge is 0.180 e. The summed E-state index contributed by atoms with van der Waals surface area (Å²) >= 11 is 1.53. The normalized spacial score (nSPS) is 11.9. The molecule has 0 bridgehead atoms. The van der Waals surface area contributed by atoms with Gasteiger partial charge in [0.2, 0.25) is 0 Å². The molecule has 0 atom stereocenters. The summed E-state index contributed by atoms with van der Waals surface area (Å²) in [5.74, 6) is 1.79. The standard InChI is InChI=1S/C10H18N2S/c1-6(2)9(7(3)4)8-5-13-10(11)12-8/h5-7,9H,1-4H3,(H2,11,12). The fourth-order valence-corrected chi connectivity index (χ4v) is 2.52. The Kier molecular flexibility index (Phi) is 3.31. The molecule has 0 aliphatic heterocycles. The van der Waals surface area contributed by atoms with Crippen molar-refractivity contribution in [2.24, 2.45) is 11.8 Å². The van der Waals surface area contributed by atoms with Crippen molar-refractivity contribution in [3.8, 4) is 0 Å². The van der Waals surface area contributed by atoms with Gasteiger partial charge in [-0.3, -0.25) is 0 Å². The predicted octanol–water partition coefficient (Wildman–Crippen LogP) is 3.12. The third-order valence-corrected chi connectivity index (χ3v) is 3.01. The third-order valence-electron chi connectivity index (χ3n) is 2.32. The Hall–Kier alpha value is -0.570. The van der Waals surface area contributed by atoms with Crippen LogP contribution in [0.15, 0.2) is 5.38 Å². The van der Waals surface area contributed by atoms with Crippen molar-refractivity contribution in [1.82, 2.24) is 4.98 Å². The molecule has 0 amide bonds. The molecule has 0 aliphatic carbocycles.